The van der Waals surface area contributed by atoms with Gasteiger partial charge in [0.15, 0.2) is 0 Å². The Morgan fingerprint density at radius 2 is 1.74 bits per heavy atom. The predicted octanol–water partition coefficient (Wildman–Crippen LogP) is 7.49. The Morgan fingerprint density at radius 1 is 1.07 bits per heavy atom. The average Bonchev–Trinajstić information content (AvgIpc) is 3.31. The van der Waals surface area contributed by atoms with Crippen molar-refractivity contribution >= 4 is 34.7 Å². The second-order valence-corrected chi connectivity index (χ2v) is 11.6. The van der Waals surface area contributed by atoms with Gasteiger partial charge in [0.2, 0.25) is 5.91 Å². The van der Waals surface area contributed by atoms with Crippen LogP contribution in [0.5, 0.6) is 0 Å². The normalized spacial score (nSPS) is 14.1. The van der Waals surface area contributed by atoms with E-state index in [-0.39, 0.29) is 30.2 Å². The van der Waals surface area contributed by atoms with Crippen molar-refractivity contribution < 1.29 is 23.5 Å². The quantitative estimate of drug-likeness (QED) is 0.178. The number of rotatable bonds is 7. The SMILES string of the molecule is CCOC(=O)c1ccc(-c2c(C3CCOCC3)n(-c3ccc(F)cc3)c3cc(C=N)c(NC(=O)C(C)(C)C)cc23)cc1. The molecule has 2 heterocycles. The summed E-state index contributed by atoms with van der Waals surface area (Å²) in [7, 11) is 0. The van der Waals surface area contributed by atoms with Crippen LogP contribution in [0.1, 0.15) is 68.1 Å². The first-order valence-electron chi connectivity index (χ1n) is 14.3. The molecular formula is C34H36FN3O4. The Hall–Kier alpha value is -4.30. The standard InChI is InChI=1S/C34H36FN3O4/c1-5-42-32(39)23-8-6-21(7-9-23)30-27-19-28(37-33(40)34(2,3)4)24(20-36)18-29(27)38(26-12-10-25(35)11-13-26)31(30)22-14-16-41-17-15-22/h6-13,18-20,22,36H,5,14-17H2,1-4H3,(H,37,40). The molecule has 3 aromatic carbocycles. The summed E-state index contributed by atoms with van der Waals surface area (Å²) in [5.41, 5.74) is 5.44. The maximum Gasteiger partial charge on any atom is 0.338 e. The summed E-state index contributed by atoms with van der Waals surface area (Å²) in [5, 5.41) is 12.1. The molecule has 0 unspecified atom stereocenters. The van der Waals surface area contributed by atoms with Crippen molar-refractivity contribution in [3.05, 3.63) is 83.3 Å². The van der Waals surface area contributed by atoms with Gasteiger partial charge in [-0.05, 0) is 73.9 Å². The van der Waals surface area contributed by atoms with Crippen LogP contribution in [0, 0.1) is 16.6 Å². The van der Waals surface area contributed by atoms with Crippen LogP contribution >= 0.6 is 0 Å². The van der Waals surface area contributed by atoms with E-state index in [0.29, 0.717) is 30.0 Å². The van der Waals surface area contributed by atoms with E-state index in [0.717, 1.165) is 46.3 Å². The highest BCUT2D eigenvalue weighted by atomic mass is 19.1. The number of ether oxygens (including phenoxy) is 2. The summed E-state index contributed by atoms with van der Waals surface area (Å²) in [6.07, 6.45) is 2.84. The van der Waals surface area contributed by atoms with Gasteiger partial charge in [-0.25, -0.2) is 9.18 Å². The molecular weight excluding hydrogens is 533 g/mol. The monoisotopic (exact) mass is 569 g/mol. The number of amides is 1. The molecule has 218 valence electrons. The third kappa shape index (κ3) is 5.72. The third-order valence-electron chi connectivity index (χ3n) is 7.64. The second-order valence-electron chi connectivity index (χ2n) is 11.6. The summed E-state index contributed by atoms with van der Waals surface area (Å²) in [5.74, 6) is -0.741. The van der Waals surface area contributed by atoms with Crippen molar-refractivity contribution in [1.82, 2.24) is 4.57 Å². The molecule has 0 aliphatic carbocycles. The fraction of sp³-hybridized carbons (Fsp3) is 0.324. The van der Waals surface area contributed by atoms with Crippen LogP contribution < -0.4 is 5.32 Å². The van der Waals surface area contributed by atoms with E-state index in [4.69, 9.17) is 14.9 Å². The lowest BCUT2D eigenvalue weighted by molar-refractivity contribution is -0.123. The van der Waals surface area contributed by atoms with Gasteiger partial charge in [-0.3, -0.25) is 4.79 Å². The van der Waals surface area contributed by atoms with Crippen molar-refractivity contribution in [3.63, 3.8) is 0 Å². The molecule has 0 atom stereocenters. The van der Waals surface area contributed by atoms with E-state index in [1.165, 1.54) is 18.3 Å². The number of halogens is 1. The van der Waals surface area contributed by atoms with E-state index in [1.54, 1.807) is 31.2 Å². The van der Waals surface area contributed by atoms with Gasteiger partial charge >= 0.3 is 5.97 Å². The average molecular weight is 570 g/mol. The van der Waals surface area contributed by atoms with E-state index in [2.05, 4.69) is 9.88 Å². The summed E-state index contributed by atoms with van der Waals surface area (Å²) < 4.78 is 27.1. The number of anilines is 1. The minimum atomic E-state index is -0.632. The Labute approximate surface area is 245 Å². The third-order valence-corrected chi connectivity index (χ3v) is 7.64. The predicted molar refractivity (Wildman–Crippen MR) is 163 cm³/mol. The molecule has 0 spiro atoms. The zero-order valence-corrected chi connectivity index (χ0v) is 24.4. The van der Waals surface area contributed by atoms with Gasteiger partial charge in [0, 0.05) is 58.7 Å². The first-order chi connectivity index (χ1) is 20.1. The smallest absolute Gasteiger partial charge is 0.338 e. The summed E-state index contributed by atoms with van der Waals surface area (Å²) in [6.45, 7) is 8.83. The van der Waals surface area contributed by atoms with Crippen molar-refractivity contribution in [1.29, 1.82) is 5.41 Å². The Balaban J connectivity index is 1.83. The van der Waals surface area contributed by atoms with Crippen molar-refractivity contribution in [2.75, 3.05) is 25.1 Å². The Kier molecular flexibility index (Phi) is 8.27. The lowest BCUT2D eigenvalue weighted by Gasteiger charge is -2.26. The van der Waals surface area contributed by atoms with Crippen molar-refractivity contribution in [3.8, 4) is 16.8 Å². The molecule has 1 fully saturated rings. The van der Waals surface area contributed by atoms with Crippen LogP contribution in [0.2, 0.25) is 0 Å². The molecule has 1 aromatic heterocycles. The van der Waals surface area contributed by atoms with Crippen molar-refractivity contribution in [2.24, 2.45) is 5.41 Å². The number of hydrogen-bond donors (Lipinski definition) is 2. The Bertz CT molecular complexity index is 1630. The highest BCUT2D eigenvalue weighted by Crippen LogP contribution is 2.45. The fourth-order valence-electron chi connectivity index (χ4n) is 5.42. The second kappa shape index (κ2) is 11.9. The molecule has 1 amide bonds. The number of nitrogens with zero attached hydrogens (tertiary/aromatic N) is 1. The number of esters is 1. The molecule has 2 N–H and O–H groups in total. The van der Waals surface area contributed by atoms with Crippen LogP contribution in [0.25, 0.3) is 27.7 Å². The summed E-state index contributed by atoms with van der Waals surface area (Å²) >= 11 is 0. The van der Waals surface area contributed by atoms with Crippen LogP contribution in [0.3, 0.4) is 0 Å². The molecule has 0 bridgehead atoms. The van der Waals surface area contributed by atoms with Crippen LogP contribution in [0.15, 0.2) is 60.7 Å². The van der Waals surface area contributed by atoms with Crippen LogP contribution in [0.4, 0.5) is 10.1 Å². The highest BCUT2D eigenvalue weighted by molar-refractivity contribution is 6.08. The zero-order chi connectivity index (χ0) is 30.0. The highest BCUT2D eigenvalue weighted by Gasteiger charge is 2.29. The molecule has 1 aliphatic rings. The van der Waals surface area contributed by atoms with Crippen LogP contribution in [-0.4, -0.2) is 42.5 Å². The lowest BCUT2D eigenvalue weighted by atomic mass is 9.89. The number of hydrogen-bond acceptors (Lipinski definition) is 5. The van der Waals surface area contributed by atoms with Gasteiger partial charge in [-0.2, -0.15) is 0 Å². The Morgan fingerprint density at radius 3 is 2.33 bits per heavy atom. The number of carbonyl (C=O) groups excluding carboxylic acids is 2. The zero-order valence-electron chi connectivity index (χ0n) is 24.4. The lowest BCUT2D eigenvalue weighted by Crippen LogP contribution is -2.28. The van der Waals surface area contributed by atoms with Gasteiger partial charge in [0.05, 0.1) is 23.4 Å². The van der Waals surface area contributed by atoms with Gasteiger partial charge < -0.3 is 24.8 Å². The number of aromatic nitrogens is 1. The van der Waals surface area contributed by atoms with Gasteiger partial charge in [0.1, 0.15) is 5.82 Å². The molecule has 4 aromatic rings. The van der Waals surface area contributed by atoms with Gasteiger partial charge in [-0.15, -0.1) is 0 Å². The minimum absolute atomic E-state index is 0.131. The van der Waals surface area contributed by atoms with Crippen molar-refractivity contribution in [2.45, 2.75) is 46.5 Å². The minimum Gasteiger partial charge on any atom is -0.462 e. The maximum atomic E-state index is 14.1. The van der Waals surface area contributed by atoms with E-state index < -0.39 is 5.41 Å². The maximum absolute atomic E-state index is 14.1. The molecule has 7 nitrogen and oxygen atoms in total. The first kappa shape index (κ1) is 29.2. The van der Waals surface area contributed by atoms with E-state index in [1.807, 2.05) is 45.0 Å². The topological polar surface area (TPSA) is 93.4 Å². The molecule has 8 heteroatoms. The van der Waals surface area contributed by atoms with Gasteiger partial charge in [-0.1, -0.05) is 32.9 Å². The molecule has 0 saturated carbocycles. The summed E-state index contributed by atoms with van der Waals surface area (Å²) in [6, 6.07) is 17.6. The molecule has 1 saturated heterocycles. The molecule has 42 heavy (non-hydrogen) atoms. The van der Waals surface area contributed by atoms with Crippen LogP contribution in [-0.2, 0) is 14.3 Å². The molecule has 5 rings (SSSR count). The van der Waals surface area contributed by atoms with E-state index >= 15 is 0 Å². The van der Waals surface area contributed by atoms with E-state index in [9.17, 15) is 14.0 Å². The largest absolute Gasteiger partial charge is 0.462 e. The number of benzene rings is 3. The molecule has 0 radical (unpaired) electrons. The first-order valence-corrected chi connectivity index (χ1v) is 14.3. The number of fused-ring (bicyclic) bond motifs is 1. The summed E-state index contributed by atoms with van der Waals surface area (Å²) in [4.78, 5) is 25.4. The number of carbonyl (C=O) groups is 2. The van der Waals surface area contributed by atoms with Gasteiger partial charge in [0.25, 0.3) is 0 Å². The fourth-order valence-corrected chi connectivity index (χ4v) is 5.42. The molecule has 1 aliphatic heterocycles. The number of nitrogens with one attached hydrogen (secondary N) is 2.